The van der Waals surface area contributed by atoms with Gasteiger partial charge in [0.15, 0.2) is 0 Å². The fraction of sp³-hybridized carbons (Fsp3) is 0.941. The fourth-order valence-corrected chi connectivity index (χ4v) is 8.12. The number of rotatable bonds is 47. The van der Waals surface area contributed by atoms with Gasteiger partial charge in [0.1, 0.15) is 0 Å². The summed E-state index contributed by atoms with van der Waals surface area (Å²) in [6.45, 7) is 4.34. The van der Waals surface area contributed by atoms with E-state index in [-0.39, 0.29) is 12.5 Å². The Hall–Kier alpha value is -0.870. The zero-order valence-electron chi connectivity index (χ0n) is 37.7. The minimum Gasteiger partial charge on any atom is -0.394 e. The van der Waals surface area contributed by atoms with Gasteiger partial charge in [-0.05, 0) is 19.3 Å². The van der Waals surface area contributed by atoms with Gasteiger partial charge in [-0.1, -0.05) is 276 Å². The number of hydrogen-bond acceptors (Lipinski definition) is 3. The topological polar surface area (TPSA) is 69.6 Å². The van der Waals surface area contributed by atoms with Gasteiger partial charge in [-0.15, -0.1) is 0 Å². The van der Waals surface area contributed by atoms with E-state index in [1.807, 2.05) is 6.08 Å². The summed E-state index contributed by atoms with van der Waals surface area (Å²) in [4.78, 5) is 12.4. The predicted molar refractivity (Wildman–Crippen MR) is 244 cm³/mol. The van der Waals surface area contributed by atoms with Gasteiger partial charge in [0, 0.05) is 6.42 Å². The molecule has 0 bridgehead atoms. The Balaban J connectivity index is 3.46. The summed E-state index contributed by atoms with van der Waals surface area (Å²) in [5.41, 5.74) is 0. The molecule has 0 fully saturated rings. The molecule has 0 heterocycles. The van der Waals surface area contributed by atoms with Gasteiger partial charge >= 0.3 is 0 Å². The number of unbranched alkanes of at least 4 members (excludes halogenated alkanes) is 40. The Morgan fingerprint density at radius 1 is 0.418 bits per heavy atom. The molecule has 3 N–H and O–H groups in total. The first-order chi connectivity index (χ1) is 27.2. The molecule has 4 nitrogen and oxygen atoms in total. The van der Waals surface area contributed by atoms with E-state index in [1.54, 1.807) is 6.08 Å². The van der Waals surface area contributed by atoms with Crippen LogP contribution in [0.2, 0.25) is 0 Å². The van der Waals surface area contributed by atoms with Gasteiger partial charge in [-0.25, -0.2) is 0 Å². The molecule has 0 rings (SSSR count). The molecule has 0 aromatic carbocycles. The van der Waals surface area contributed by atoms with E-state index in [0.29, 0.717) is 6.42 Å². The van der Waals surface area contributed by atoms with Crippen molar-refractivity contribution in [3.8, 4) is 0 Å². The molecule has 0 aromatic rings. The van der Waals surface area contributed by atoms with E-state index in [9.17, 15) is 15.0 Å². The lowest BCUT2D eigenvalue weighted by Gasteiger charge is -2.20. The van der Waals surface area contributed by atoms with Crippen molar-refractivity contribution in [1.82, 2.24) is 5.32 Å². The van der Waals surface area contributed by atoms with E-state index in [2.05, 4.69) is 19.2 Å². The van der Waals surface area contributed by atoms with Gasteiger partial charge in [0.05, 0.1) is 18.8 Å². The standard InChI is InChI=1S/C51H101NO3/c1-3-5-7-9-11-13-15-17-19-21-22-23-24-25-26-27-28-29-30-31-32-34-36-38-40-42-44-46-50(54)49(48-53)52-51(55)47-45-43-41-39-37-35-33-20-18-16-14-12-10-8-6-4-2/h44,46,49-50,53-54H,3-43,45,47-48H2,1-2H3,(H,52,55)/b46-44+. The molecule has 55 heavy (non-hydrogen) atoms. The highest BCUT2D eigenvalue weighted by atomic mass is 16.3. The molecule has 0 saturated heterocycles. The summed E-state index contributed by atoms with van der Waals surface area (Å²) in [6, 6.07) is -0.617. The van der Waals surface area contributed by atoms with Crippen LogP contribution in [0.1, 0.15) is 290 Å². The quantitative estimate of drug-likeness (QED) is 0.0426. The van der Waals surface area contributed by atoms with Gasteiger partial charge in [0.2, 0.25) is 5.91 Å². The summed E-state index contributed by atoms with van der Waals surface area (Å²) in [6.07, 6.45) is 60.7. The van der Waals surface area contributed by atoms with Crippen molar-refractivity contribution >= 4 is 5.91 Å². The molecule has 0 spiro atoms. The van der Waals surface area contributed by atoms with Crippen molar-refractivity contribution in [1.29, 1.82) is 0 Å². The first-order valence-corrected chi connectivity index (χ1v) is 25.4. The second-order valence-electron chi connectivity index (χ2n) is 17.6. The van der Waals surface area contributed by atoms with E-state index < -0.39 is 12.1 Å². The van der Waals surface area contributed by atoms with E-state index in [1.165, 1.54) is 244 Å². The van der Waals surface area contributed by atoms with Crippen molar-refractivity contribution in [3.05, 3.63) is 12.2 Å². The Bertz CT molecular complexity index is 754. The van der Waals surface area contributed by atoms with Crippen LogP contribution in [0.5, 0.6) is 0 Å². The summed E-state index contributed by atoms with van der Waals surface area (Å²) in [5, 5.41) is 23.1. The van der Waals surface area contributed by atoms with Gasteiger partial charge in [-0.3, -0.25) is 4.79 Å². The highest BCUT2D eigenvalue weighted by molar-refractivity contribution is 5.76. The van der Waals surface area contributed by atoms with E-state index in [4.69, 9.17) is 0 Å². The Morgan fingerprint density at radius 3 is 0.945 bits per heavy atom. The molecule has 0 aliphatic heterocycles. The van der Waals surface area contributed by atoms with Crippen LogP contribution in [0, 0.1) is 0 Å². The largest absolute Gasteiger partial charge is 0.394 e. The van der Waals surface area contributed by atoms with Crippen LogP contribution in [0.3, 0.4) is 0 Å². The molecule has 0 aliphatic rings. The van der Waals surface area contributed by atoms with Crippen LogP contribution in [-0.2, 0) is 4.79 Å². The molecule has 328 valence electrons. The number of amides is 1. The lowest BCUT2D eigenvalue weighted by molar-refractivity contribution is -0.123. The molecule has 0 radical (unpaired) electrons. The molecule has 0 saturated carbocycles. The van der Waals surface area contributed by atoms with Crippen molar-refractivity contribution in [2.75, 3.05) is 6.61 Å². The van der Waals surface area contributed by atoms with Gasteiger partial charge < -0.3 is 15.5 Å². The zero-order valence-corrected chi connectivity index (χ0v) is 37.7. The molecular weight excluding hydrogens is 675 g/mol. The third kappa shape index (κ3) is 44.1. The highest BCUT2D eigenvalue weighted by Crippen LogP contribution is 2.17. The second kappa shape index (κ2) is 47.5. The SMILES string of the molecule is CCCCCCCCCCCCCCCCCCCCCCCCCCC/C=C/C(O)C(CO)NC(=O)CCCCCCCCCCCCCCCCCC. The van der Waals surface area contributed by atoms with Crippen molar-refractivity contribution in [3.63, 3.8) is 0 Å². The molecule has 0 aliphatic carbocycles. The van der Waals surface area contributed by atoms with Crippen LogP contribution in [0.25, 0.3) is 0 Å². The van der Waals surface area contributed by atoms with Crippen molar-refractivity contribution in [2.24, 2.45) is 0 Å². The maximum Gasteiger partial charge on any atom is 0.220 e. The Morgan fingerprint density at radius 2 is 0.673 bits per heavy atom. The minimum atomic E-state index is -0.834. The molecular formula is C51H101NO3. The first-order valence-electron chi connectivity index (χ1n) is 25.4. The highest BCUT2D eigenvalue weighted by Gasteiger charge is 2.18. The summed E-state index contributed by atoms with van der Waals surface area (Å²) in [5.74, 6) is -0.0583. The second-order valence-corrected chi connectivity index (χ2v) is 17.6. The fourth-order valence-electron chi connectivity index (χ4n) is 8.12. The maximum absolute atomic E-state index is 12.4. The van der Waals surface area contributed by atoms with Gasteiger partial charge in [0.25, 0.3) is 0 Å². The van der Waals surface area contributed by atoms with Crippen molar-refractivity contribution in [2.45, 2.75) is 302 Å². The van der Waals surface area contributed by atoms with E-state index in [0.717, 1.165) is 25.7 Å². The predicted octanol–water partition coefficient (Wildman–Crippen LogP) is 16.2. The number of aliphatic hydroxyl groups excluding tert-OH is 2. The van der Waals surface area contributed by atoms with Crippen molar-refractivity contribution < 1.29 is 15.0 Å². The average Bonchev–Trinajstić information content (AvgIpc) is 3.19. The average molecular weight is 776 g/mol. The van der Waals surface area contributed by atoms with Crippen LogP contribution in [0.4, 0.5) is 0 Å². The number of allylic oxidation sites excluding steroid dienone is 1. The van der Waals surface area contributed by atoms with Crippen LogP contribution in [0.15, 0.2) is 12.2 Å². The number of aliphatic hydroxyl groups is 2. The lowest BCUT2D eigenvalue weighted by atomic mass is 10.0. The molecule has 1 amide bonds. The first kappa shape index (κ1) is 54.1. The monoisotopic (exact) mass is 776 g/mol. The number of carbonyl (C=O) groups excluding carboxylic acids is 1. The number of carbonyl (C=O) groups is 1. The maximum atomic E-state index is 12.4. The third-order valence-corrected chi connectivity index (χ3v) is 12.0. The lowest BCUT2D eigenvalue weighted by Crippen LogP contribution is -2.45. The normalized spacial score (nSPS) is 12.9. The van der Waals surface area contributed by atoms with E-state index >= 15 is 0 Å². The summed E-state index contributed by atoms with van der Waals surface area (Å²) < 4.78 is 0. The third-order valence-electron chi connectivity index (χ3n) is 12.0. The number of nitrogens with one attached hydrogen (secondary N) is 1. The van der Waals surface area contributed by atoms with Crippen LogP contribution in [-0.4, -0.2) is 34.9 Å². The zero-order chi connectivity index (χ0) is 40.0. The number of hydrogen-bond donors (Lipinski definition) is 3. The molecule has 0 aromatic heterocycles. The smallest absolute Gasteiger partial charge is 0.220 e. The molecule has 4 heteroatoms. The Kier molecular flexibility index (Phi) is 46.8. The molecule has 2 unspecified atom stereocenters. The van der Waals surface area contributed by atoms with Gasteiger partial charge in [-0.2, -0.15) is 0 Å². The van der Waals surface area contributed by atoms with Crippen LogP contribution < -0.4 is 5.32 Å². The Labute approximate surface area is 346 Å². The molecule has 2 atom stereocenters. The van der Waals surface area contributed by atoms with Crippen LogP contribution >= 0.6 is 0 Å². The summed E-state index contributed by atoms with van der Waals surface area (Å²) in [7, 11) is 0. The minimum absolute atomic E-state index is 0.0583. The summed E-state index contributed by atoms with van der Waals surface area (Å²) >= 11 is 0.